The van der Waals surface area contributed by atoms with Crippen molar-refractivity contribution in [3.8, 4) is 0 Å². The molecule has 0 radical (unpaired) electrons. The standard InChI is InChI=1S/C15H18N4O3S2/c1-4-6-19-13(21)9-5-7-23-12(9)18-15(19)24-10(8(2)3)11(20)17-14(16)22/h4-5,7-8,10H,1,6H2,2-3H3,(H3,16,17,20,22)/t10-/m1/s1. The highest BCUT2D eigenvalue weighted by Crippen LogP contribution is 2.28. The van der Waals surface area contributed by atoms with Crippen molar-refractivity contribution in [2.45, 2.75) is 30.8 Å². The zero-order valence-electron chi connectivity index (χ0n) is 13.3. The lowest BCUT2D eigenvalue weighted by Crippen LogP contribution is -2.42. The highest BCUT2D eigenvalue weighted by atomic mass is 32.2. The lowest BCUT2D eigenvalue weighted by Gasteiger charge is -2.20. The van der Waals surface area contributed by atoms with E-state index in [2.05, 4.69) is 16.9 Å². The quantitative estimate of drug-likeness (QED) is 0.462. The van der Waals surface area contributed by atoms with Gasteiger partial charge in [-0.25, -0.2) is 9.78 Å². The second-order valence-electron chi connectivity index (χ2n) is 5.37. The van der Waals surface area contributed by atoms with Crippen molar-refractivity contribution in [2.24, 2.45) is 11.7 Å². The Morgan fingerprint density at radius 1 is 1.54 bits per heavy atom. The topological polar surface area (TPSA) is 107 Å². The Morgan fingerprint density at radius 2 is 2.25 bits per heavy atom. The zero-order valence-corrected chi connectivity index (χ0v) is 14.9. The first kappa shape index (κ1) is 18.2. The summed E-state index contributed by atoms with van der Waals surface area (Å²) in [6.07, 6.45) is 1.60. The van der Waals surface area contributed by atoms with Crippen LogP contribution in [0.3, 0.4) is 0 Å². The summed E-state index contributed by atoms with van der Waals surface area (Å²) < 4.78 is 1.47. The third-order valence-electron chi connectivity index (χ3n) is 3.20. The smallest absolute Gasteiger partial charge is 0.318 e. The summed E-state index contributed by atoms with van der Waals surface area (Å²) in [5.74, 6) is -0.601. The number of allylic oxidation sites excluding steroid dienone is 1. The van der Waals surface area contributed by atoms with Crippen LogP contribution in [0, 0.1) is 5.92 Å². The van der Waals surface area contributed by atoms with Crippen molar-refractivity contribution < 1.29 is 9.59 Å². The number of urea groups is 1. The maximum absolute atomic E-state index is 12.6. The van der Waals surface area contributed by atoms with E-state index in [1.54, 1.807) is 17.5 Å². The number of nitrogens with two attached hydrogens (primary N) is 1. The van der Waals surface area contributed by atoms with Crippen molar-refractivity contribution in [2.75, 3.05) is 0 Å². The Morgan fingerprint density at radius 3 is 2.83 bits per heavy atom. The van der Waals surface area contributed by atoms with Gasteiger partial charge in [0.1, 0.15) is 4.83 Å². The molecule has 0 fully saturated rings. The van der Waals surface area contributed by atoms with Crippen molar-refractivity contribution in [1.82, 2.24) is 14.9 Å². The Bertz CT molecular complexity index is 841. The minimum absolute atomic E-state index is 0.0949. The van der Waals surface area contributed by atoms with Crippen molar-refractivity contribution in [1.29, 1.82) is 0 Å². The van der Waals surface area contributed by atoms with E-state index in [4.69, 9.17) is 5.73 Å². The first-order valence-electron chi connectivity index (χ1n) is 7.21. The maximum atomic E-state index is 12.6. The van der Waals surface area contributed by atoms with Crippen LogP contribution in [-0.2, 0) is 11.3 Å². The lowest BCUT2D eigenvalue weighted by molar-refractivity contribution is -0.120. The molecule has 2 rings (SSSR count). The van der Waals surface area contributed by atoms with Gasteiger partial charge in [0.15, 0.2) is 5.16 Å². The molecule has 0 spiro atoms. The van der Waals surface area contributed by atoms with Crippen LogP contribution in [-0.4, -0.2) is 26.7 Å². The molecule has 24 heavy (non-hydrogen) atoms. The van der Waals surface area contributed by atoms with E-state index in [9.17, 15) is 14.4 Å². The monoisotopic (exact) mass is 366 g/mol. The lowest BCUT2D eigenvalue weighted by atomic mass is 10.1. The number of primary amides is 1. The van der Waals surface area contributed by atoms with E-state index < -0.39 is 17.2 Å². The van der Waals surface area contributed by atoms with Gasteiger partial charge < -0.3 is 5.73 Å². The van der Waals surface area contributed by atoms with Gasteiger partial charge in [0.25, 0.3) is 5.56 Å². The van der Waals surface area contributed by atoms with Crippen LogP contribution in [0.15, 0.2) is 34.1 Å². The zero-order chi connectivity index (χ0) is 17.9. The fraction of sp³-hybridized carbons (Fsp3) is 0.333. The largest absolute Gasteiger partial charge is 0.351 e. The van der Waals surface area contributed by atoms with Gasteiger partial charge in [-0.15, -0.1) is 17.9 Å². The summed E-state index contributed by atoms with van der Waals surface area (Å²) in [5.41, 5.74) is 4.85. The molecular formula is C15H18N4O3S2. The van der Waals surface area contributed by atoms with Gasteiger partial charge in [-0.3, -0.25) is 19.5 Å². The number of nitrogens with one attached hydrogen (secondary N) is 1. The van der Waals surface area contributed by atoms with Gasteiger partial charge in [-0.05, 0) is 17.4 Å². The summed E-state index contributed by atoms with van der Waals surface area (Å²) >= 11 is 2.50. The average molecular weight is 366 g/mol. The molecule has 0 bridgehead atoms. The van der Waals surface area contributed by atoms with E-state index in [0.717, 1.165) is 11.8 Å². The molecule has 2 aromatic rings. The fourth-order valence-electron chi connectivity index (χ4n) is 2.11. The molecule has 0 saturated carbocycles. The first-order chi connectivity index (χ1) is 11.3. The molecule has 0 aromatic carbocycles. The van der Waals surface area contributed by atoms with E-state index in [0.29, 0.717) is 15.4 Å². The third-order valence-corrected chi connectivity index (χ3v) is 5.54. The second kappa shape index (κ2) is 7.63. The SMILES string of the molecule is C=CCn1c(S[C@@H](C(=O)NC(N)=O)C(C)C)nc2sccc2c1=O. The third kappa shape index (κ3) is 3.85. The first-order valence-corrected chi connectivity index (χ1v) is 8.97. The molecule has 0 unspecified atom stereocenters. The van der Waals surface area contributed by atoms with Crippen LogP contribution in [0.1, 0.15) is 13.8 Å². The van der Waals surface area contributed by atoms with Crippen LogP contribution in [0.25, 0.3) is 10.2 Å². The summed E-state index contributed by atoms with van der Waals surface area (Å²) in [6, 6.07) is 0.819. The van der Waals surface area contributed by atoms with Crippen LogP contribution in [0.4, 0.5) is 4.79 Å². The maximum Gasteiger partial charge on any atom is 0.318 e. The van der Waals surface area contributed by atoms with Gasteiger partial charge in [-0.1, -0.05) is 31.7 Å². The minimum atomic E-state index is -0.906. The normalized spacial score (nSPS) is 12.3. The predicted molar refractivity (Wildman–Crippen MR) is 96.3 cm³/mol. The molecule has 2 aromatic heterocycles. The average Bonchev–Trinajstić information content (AvgIpc) is 2.95. The van der Waals surface area contributed by atoms with Crippen LogP contribution in [0.5, 0.6) is 0 Å². The Balaban J connectivity index is 2.47. The Labute approximate surface area is 146 Å². The molecule has 7 nitrogen and oxygen atoms in total. The summed E-state index contributed by atoms with van der Waals surface area (Å²) in [7, 11) is 0. The number of imide groups is 1. The van der Waals surface area contributed by atoms with Crippen LogP contribution >= 0.6 is 23.1 Å². The Kier molecular flexibility index (Phi) is 5.79. The number of thioether (sulfide) groups is 1. The number of fused-ring (bicyclic) bond motifs is 1. The fourth-order valence-corrected chi connectivity index (χ4v) is 4.01. The molecule has 0 aliphatic carbocycles. The van der Waals surface area contributed by atoms with Crippen molar-refractivity contribution in [3.05, 3.63) is 34.5 Å². The number of amides is 3. The molecule has 9 heteroatoms. The number of hydrogen-bond donors (Lipinski definition) is 2. The molecule has 0 aliphatic rings. The second-order valence-corrected chi connectivity index (χ2v) is 7.38. The molecule has 1 atom stereocenters. The number of carbonyl (C=O) groups is 2. The van der Waals surface area contributed by atoms with Gasteiger partial charge in [-0.2, -0.15) is 0 Å². The van der Waals surface area contributed by atoms with Gasteiger partial charge in [0.05, 0.1) is 10.6 Å². The predicted octanol–water partition coefficient (Wildman–Crippen LogP) is 1.96. The summed E-state index contributed by atoms with van der Waals surface area (Å²) in [6.45, 7) is 7.63. The van der Waals surface area contributed by atoms with Gasteiger partial charge in [0.2, 0.25) is 5.91 Å². The van der Waals surface area contributed by atoms with Crippen molar-refractivity contribution >= 4 is 45.3 Å². The Hall–Kier alpha value is -2.13. The number of rotatable bonds is 6. The van der Waals surface area contributed by atoms with Gasteiger partial charge in [0, 0.05) is 6.54 Å². The van der Waals surface area contributed by atoms with E-state index in [-0.39, 0.29) is 18.0 Å². The van der Waals surface area contributed by atoms with Crippen LogP contribution in [0.2, 0.25) is 0 Å². The van der Waals surface area contributed by atoms with E-state index in [1.807, 2.05) is 13.8 Å². The summed E-state index contributed by atoms with van der Waals surface area (Å²) in [4.78, 5) is 40.9. The van der Waals surface area contributed by atoms with E-state index >= 15 is 0 Å². The molecule has 0 aliphatic heterocycles. The van der Waals surface area contributed by atoms with Crippen LogP contribution < -0.4 is 16.6 Å². The molecular weight excluding hydrogens is 348 g/mol. The molecule has 2 heterocycles. The highest BCUT2D eigenvalue weighted by Gasteiger charge is 2.27. The van der Waals surface area contributed by atoms with Gasteiger partial charge >= 0.3 is 6.03 Å². The number of carbonyl (C=O) groups excluding carboxylic acids is 2. The summed E-state index contributed by atoms with van der Waals surface area (Å²) in [5, 5.41) is 4.22. The number of nitrogens with zero attached hydrogens (tertiary/aromatic N) is 2. The number of thiophene rings is 1. The molecule has 0 saturated heterocycles. The molecule has 128 valence electrons. The highest BCUT2D eigenvalue weighted by molar-refractivity contribution is 8.00. The number of hydrogen-bond acceptors (Lipinski definition) is 6. The minimum Gasteiger partial charge on any atom is -0.351 e. The number of aromatic nitrogens is 2. The van der Waals surface area contributed by atoms with Crippen molar-refractivity contribution in [3.63, 3.8) is 0 Å². The van der Waals surface area contributed by atoms with E-state index in [1.165, 1.54) is 15.9 Å². The molecule has 3 N–H and O–H groups in total. The molecule has 3 amide bonds.